The largest absolute Gasteiger partial charge is 0.452 e. The Bertz CT molecular complexity index is 987. The van der Waals surface area contributed by atoms with Crippen molar-refractivity contribution in [2.75, 3.05) is 11.9 Å². The van der Waals surface area contributed by atoms with Gasteiger partial charge in [0.15, 0.2) is 6.61 Å². The first-order chi connectivity index (χ1) is 13.3. The molecule has 3 aromatic rings. The minimum atomic E-state index is -4.60. The fraction of sp³-hybridized carbons (Fsp3) is 0.111. The summed E-state index contributed by atoms with van der Waals surface area (Å²) in [6, 6.07) is 12.3. The molecule has 0 aliphatic carbocycles. The number of alkyl halides is 3. The van der Waals surface area contributed by atoms with E-state index in [1.807, 2.05) is 0 Å². The molecule has 0 bridgehead atoms. The molecule has 1 heterocycles. The third-order valence-electron chi connectivity index (χ3n) is 3.45. The number of ether oxygens (including phenoxy) is 1. The number of halogens is 3. The number of anilines is 1. The molecule has 1 aromatic heterocycles. The van der Waals surface area contributed by atoms with Gasteiger partial charge in [0.25, 0.3) is 5.91 Å². The molecule has 2 aromatic carbocycles. The average molecular weight is 391 g/mol. The van der Waals surface area contributed by atoms with Crippen molar-refractivity contribution < 1.29 is 31.9 Å². The number of hydrogen-bond donors (Lipinski definition) is 1. The van der Waals surface area contributed by atoms with E-state index in [2.05, 4.69) is 15.5 Å². The molecule has 0 saturated carbocycles. The standard InChI is InChI=1S/C18H12F3N3O4/c19-18(20,21)13-8-4-7-12(9-13)16(26)27-10-14(25)22-17-24-23-15(28-17)11-5-2-1-3-6-11/h1-9H,10H2,(H,22,24,25). The highest BCUT2D eigenvalue weighted by Crippen LogP contribution is 2.29. The number of nitrogens with zero attached hydrogens (tertiary/aromatic N) is 2. The van der Waals surface area contributed by atoms with Crippen LogP contribution in [0.1, 0.15) is 15.9 Å². The highest BCUT2D eigenvalue weighted by Gasteiger charge is 2.31. The number of benzene rings is 2. The van der Waals surface area contributed by atoms with E-state index in [0.29, 0.717) is 11.6 Å². The number of carbonyl (C=O) groups is 2. The Labute approximate surface area is 156 Å². The van der Waals surface area contributed by atoms with Crippen molar-refractivity contribution in [2.45, 2.75) is 6.18 Å². The lowest BCUT2D eigenvalue weighted by Gasteiger charge is -2.08. The smallest absolute Gasteiger partial charge is 0.416 e. The number of amides is 1. The Morgan fingerprint density at radius 3 is 2.50 bits per heavy atom. The maximum atomic E-state index is 12.7. The molecule has 1 N–H and O–H groups in total. The number of esters is 1. The van der Waals surface area contributed by atoms with E-state index in [1.54, 1.807) is 30.3 Å². The van der Waals surface area contributed by atoms with E-state index in [1.165, 1.54) is 0 Å². The summed E-state index contributed by atoms with van der Waals surface area (Å²) in [5.74, 6) is -1.68. The van der Waals surface area contributed by atoms with Gasteiger partial charge in [-0.15, -0.1) is 5.10 Å². The minimum Gasteiger partial charge on any atom is -0.452 e. The first-order valence-electron chi connectivity index (χ1n) is 7.86. The molecule has 0 fully saturated rings. The lowest BCUT2D eigenvalue weighted by Crippen LogP contribution is -2.21. The summed E-state index contributed by atoms with van der Waals surface area (Å²) in [5.41, 5.74) is -0.677. The lowest BCUT2D eigenvalue weighted by atomic mass is 10.1. The van der Waals surface area contributed by atoms with Gasteiger partial charge in [0.05, 0.1) is 11.1 Å². The van der Waals surface area contributed by atoms with Crippen LogP contribution < -0.4 is 5.32 Å². The van der Waals surface area contributed by atoms with Crippen LogP contribution in [0.4, 0.5) is 19.2 Å². The first-order valence-corrected chi connectivity index (χ1v) is 7.86. The van der Waals surface area contributed by atoms with Crippen LogP contribution in [-0.2, 0) is 15.7 Å². The second-order valence-electron chi connectivity index (χ2n) is 5.48. The topological polar surface area (TPSA) is 94.3 Å². The van der Waals surface area contributed by atoms with Gasteiger partial charge in [-0.3, -0.25) is 10.1 Å². The predicted octanol–water partition coefficient (Wildman–Crippen LogP) is 3.55. The molecule has 3 rings (SSSR count). The summed E-state index contributed by atoms with van der Waals surface area (Å²) in [7, 11) is 0. The molecule has 0 spiro atoms. The van der Waals surface area contributed by atoms with Crippen LogP contribution >= 0.6 is 0 Å². The number of hydrogen-bond acceptors (Lipinski definition) is 6. The van der Waals surface area contributed by atoms with Crippen molar-refractivity contribution in [2.24, 2.45) is 0 Å². The molecule has 1 amide bonds. The van der Waals surface area contributed by atoms with Gasteiger partial charge in [-0.1, -0.05) is 29.4 Å². The number of rotatable bonds is 5. The van der Waals surface area contributed by atoms with Crippen molar-refractivity contribution >= 4 is 17.9 Å². The molecule has 10 heteroatoms. The third kappa shape index (κ3) is 4.72. The van der Waals surface area contributed by atoms with Gasteiger partial charge in [-0.2, -0.15) is 13.2 Å². The van der Waals surface area contributed by atoms with Gasteiger partial charge in [0, 0.05) is 5.56 Å². The van der Waals surface area contributed by atoms with Gasteiger partial charge in [-0.05, 0) is 30.3 Å². The summed E-state index contributed by atoms with van der Waals surface area (Å²) in [6.07, 6.45) is -4.60. The maximum Gasteiger partial charge on any atom is 0.416 e. The Morgan fingerprint density at radius 1 is 1.04 bits per heavy atom. The van der Waals surface area contributed by atoms with Crippen LogP contribution in [-0.4, -0.2) is 28.7 Å². The zero-order valence-corrected chi connectivity index (χ0v) is 14.1. The minimum absolute atomic E-state index is 0.178. The lowest BCUT2D eigenvalue weighted by molar-refractivity contribution is -0.137. The van der Waals surface area contributed by atoms with E-state index in [9.17, 15) is 22.8 Å². The molecular formula is C18H12F3N3O4. The Morgan fingerprint density at radius 2 is 1.79 bits per heavy atom. The van der Waals surface area contributed by atoms with Crippen LogP contribution in [0, 0.1) is 0 Å². The first kappa shape index (κ1) is 19.1. The number of nitrogens with one attached hydrogen (secondary N) is 1. The van der Waals surface area contributed by atoms with Crippen LogP contribution in [0.25, 0.3) is 11.5 Å². The van der Waals surface area contributed by atoms with Gasteiger partial charge < -0.3 is 9.15 Å². The molecule has 0 aliphatic rings. The van der Waals surface area contributed by atoms with Crippen molar-refractivity contribution in [1.29, 1.82) is 0 Å². The number of aromatic nitrogens is 2. The van der Waals surface area contributed by atoms with Crippen molar-refractivity contribution in [3.63, 3.8) is 0 Å². The van der Waals surface area contributed by atoms with E-state index < -0.39 is 30.2 Å². The van der Waals surface area contributed by atoms with Crippen LogP contribution in [0.2, 0.25) is 0 Å². The van der Waals surface area contributed by atoms with Gasteiger partial charge in [0.2, 0.25) is 5.89 Å². The molecule has 0 atom stereocenters. The third-order valence-corrected chi connectivity index (χ3v) is 3.45. The molecule has 7 nitrogen and oxygen atoms in total. The molecule has 0 radical (unpaired) electrons. The highest BCUT2D eigenvalue weighted by atomic mass is 19.4. The van der Waals surface area contributed by atoms with Crippen molar-refractivity contribution in [3.05, 3.63) is 65.7 Å². The Kier molecular flexibility index (Phi) is 5.39. The molecule has 0 saturated heterocycles. The fourth-order valence-corrected chi connectivity index (χ4v) is 2.16. The molecular weight excluding hydrogens is 379 g/mol. The van der Waals surface area contributed by atoms with Crippen LogP contribution in [0.15, 0.2) is 59.0 Å². The molecule has 144 valence electrons. The van der Waals surface area contributed by atoms with E-state index in [4.69, 9.17) is 9.15 Å². The van der Waals surface area contributed by atoms with Crippen LogP contribution in [0.5, 0.6) is 0 Å². The van der Waals surface area contributed by atoms with Gasteiger partial charge in [-0.25, -0.2) is 4.79 Å². The molecule has 28 heavy (non-hydrogen) atoms. The highest BCUT2D eigenvalue weighted by molar-refractivity contribution is 5.94. The number of carbonyl (C=O) groups excluding carboxylic acids is 2. The predicted molar refractivity (Wildman–Crippen MR) is 90.1 cm³/mol. The summed E-state index contributed by atoms with van der Waals surface area (Å²) in [6.45, 7) is -0.738. The second-order valence-corrected chi connectivity index (χ2v) is 5.48. The zero-order valence-electron chi connectivity index (χ0n) is 14.1. The maximum absolute atomic E-state index is 12.7. The monoisotopic (exact) mass is 391 g/mol. The normalized spacial score (nSPS) is 11.1. The van der Waals surface area contributed by atoms with Gasteiger partial charge >= 0.3 is 18.2 Å². The summed E-state index contributed by atoms with van der Waals surface area (Å²) in [4.78, 5) is 23.7. The Balaban J connectivity index is 1.56. The van der Waals surface area contributed by atoms with E-state index >= 15 is 0 Å². The fourth-order valence-electron chi connectivity index (χ4n) is 2.16. The second kappa shape index (κ2) is 7.91. The summed E-state index contributed by atoms with van der Waals surface area (Å²) in [5, 5.41) is 9.65. The summed E-state index contributed by atoms with van der Waals surface area (Å²) >= 11 is 0. The molecule has 0 aliphatic heterocycles. The average Bonchev–Trinajstić information content (AvgIpc) is 3.14. The molecule has 0 unspecified atom stereocenters. The Hall–Kier alpha value is -3.69. The van der Waals surface area contributed by atoms with E-state index in [0.717, 1.165) is 18.2 Å². The summed E-state index contributed by atoms with van der Waals surface area (Å²) < 4.78 is 48.0. The van der Waals surface area contributed by atoms with E-state index in [-0.39, 0.29) is 17.5 Å². The SMILES string of the molecule is O=C(COC(=O)c1cccc(C(F)(F)F)c1)Nc1nnc(-c2ccccc2)o1. The van der Waals surface area contributed by atoms with Gasteiger partial charge in [0.1, 0.15) is 0 Å². The van der Waals surface area contributed by atoms with Crippen LogP contribution in [0.3, 0.4) is 0 Å². The quantitative estimate of drug-likeness (QED) is 0.669. The zero-order chi connectivity index (χ0) is 20.1. The van der Waals surface area contributed by atoms with Crippen molar-refractivity contribution in [1.82, 2.24) is 10.2 Å². The van der Waals surface area contributed by atoms with Crippen molar-refractivity contribution in [3.8, 4) is 11.5 Å².